The Bertz CT molecular complexity index is 275. The molecule has 0 unspecified atom stereocenters. The fourth-order valence-corrected chi connectivity index (χ4v) is 0.796. The summed E-state index contributed by atoms with van der Waals surface area (Å²) in [6.45, 7) is 8.97. The number of rotatable bonds is 6. The number of aldehydes is 1. The Labute approximate surface area is 90.8 Å². The third-order valence-electron chi connectivity index (χ3n) is 1.91. The molecular formula is C12H18O3. The standard InChI is InChI=1S/C12H18O3/c1-5-8-15-11(14)10(2)6-7-12(3,4)9-13/h5-6,9H,1,7-8H2,2-4H3/b10-6+. The minimum atomic E-state index is -0.431. The first-order valence-electron chi connectivity index (χ1n) is 4.84. The molecule has 0 spiro atoms. The Morgan fingerprint density at radius 1 is 1.47 bits per heavy atom. The van der Waals surface area contributed by atoms with Crippen LogP contribution in [0.3, 0.4) is 0 Å². The summed E-state index contributed by atoms with van der Waals surface area (Å²) in [5.41, 5.74) is 0.0896. The summed E-state index contributed by atoms with van der Waals surface area (Å²) < 4.78 is 4.84. The zero-order valence-corrected chi connectivity index (χ0v) is 9.58. The van der Waals surface area contributed by atoms with E-state index >= 15 is 0 Å². The predicted molar refractivity (Wildman–Crippen MR) is 59.4 cm³/mol. The number of carbonyl (C=O) groups is 2. The van der Waals surface area contributed by atoms with Crippen LogP contribution in [-0.4, -0.2) is 18.9 Å². The lowest BCUT2D eigenvalue weighted by molar-refractivity contribution is -0.137. The van der Waals surface area contributed by atoms with Gasteiger partial charge in [-0.1, -0.05) is 32.6 Å². The zero-order valence-electron chi connectivity index (χ0n) is 9.58. The molecule has 3 heteroatoms. The fourth-order valence-electron chi connectivity index (χ4n) is 0.796. The van der Waals surface area contributed by atoms with E-state index in [1.807, 2.05) is 13.8 Å². The van der Waals surface area contributed by atoms with Crippen molar-refractivity contribution in [1.82, 2.24) is 0 Å². The molecule has 0 heterocycles. The molecule has 0 bridgehead atoms. The van der Waals surface area contributed by atoms with Crippen LogP contribution >= 0.6 is 0 Å². The van der Waals surface area contributed by atoms with Crippen molar-refractivity contribution in [2.75, 3.05) is 6.61 Å². The number of ether oxygens (including phenoxy) is 1. The second kappa shape index (κ2) is 6.17. The SMILES string of the molecule is C=CCOC(=O)/C(C)=C/CC(C)(C)C=O. The normalized spacial score (nSPS) is 12.1. The van der Waals surface area contributed by atoms with Gasteiger partial charge in [0.15, 0.2) is 0 Å². The highest BCUT2D eigenvalue weighted by atomic mass is 16.5. The first-order valence-corrected chi connectivity index (χ1v) is 4.84. The van der Waals surface area contributed by atoms with Crippen molar-refractivity contribution in [3.63, 3.8) is 0 Å². The maximum absolute atomic E-state index is 11.3. The second-order valence-electron chi connectivity index (χ2n) is 4.08. The second-order valence-corrected chi connectivity index (χ2v) is 4.08. The Hall–Kier alpha value is -1.38. The molecule has 0 aromatic heterocycles. The quantitative estimate of drug-likeness (QED) is 0.292. The van der Waals surface area contributed by atoms with Gasteiger partial charge in [-0.2, -0.15) is 0 Å². The molecule has 0 amide bonds. The predicted octanol–water partition coefficient (Wildman–Crippen LogP) is 2.28. The molecule has 0 aromatic rings. The number of hydrogen-bond acceptors (Lipinski definition) is 3. The molecule has 0 aromatic carbocycles. The topological polar surface area (TPSA) is 43.4 Å². The molecule has 0 aliphatic carbocycles. The molecule has 0 aliphatic rings. The third kappa shape index (κ3) is 5.83. The maximum Gasteiger partial charge on any atom is 0.333 e. The van der Waals surface area contributed by atoms with Crippen molar-refractivity contribution >= 4 is 12.3 Å². The minimum Gasteiger partial charge on any atom is -0.458 e. The molecule has 0 saturated heterocycles. The van der Waals surface area contributed by atoms with Crippen molar-refractivity contribution in [1.29, 1.82) is 0 Å². The summed E-state index contributed by atoms with van der Waals surface area (Å²) in [6.07, 6.45) is 4.65. The molecule has 0 N–H and O–H groups in total. The van der Waals surface area contributed by atoms with Crippen molar-refractivity contribution in [3.8, 4) is 0 Å². The van der Waals surface area contributed by atoms with Crippen molar-refractivity contribution in [2.24, 2.45) is 5.41 Å². The van der Waals surface area contributed by atoms with Crippen molar-refractivity contribution in [3.05, 3.63) is 24.3 Å². The minimum absolute atomic E-state index is 0.209. The van der Waals surface area contributed by atoms with Gasteiger partial charge >= 0.3 is 5.97 Å². The number of allylic oxidation sites excluding steroid dienone is 1. The average molecular weight is 210 g/mol. The average Bonchev–Trinajstić information content (AvgIpc) is 2.22. The van der Waals surface area contributed by atoms with Crippen molar-refractivity contribution < 1.29 is 14.3 Å². The molecule has 0 atom stereocenters. The van der Waals surface area contributed by atoms with Gasteiger partial charge in [-0.15, -0.1) is 0 Å². The van der Waals surface area contributed by atoms with Crippen molar-refractivity contribution in [2.45, 2.75) is 27.2 Å². The Kier molecular flexibility index (Phi) is 5.60. The highest BCUT2D eigenvalue weighted by molar-refractivity contribution is 5.87. The van der Waals surface area contributed by atoms with E-state index in [4.69, 9.17) is 4.74 Å². The summed E-state index contributed by atoms with van der Waals surface area (Å²) >= 11 is 0. The van der Waals surface area contributed by atoms with Crippen LogP contribution in [0.25, 0.3) is 0 Å². The molecule has 0 rings (SSSR count). The monoisotopic (exact) mass is 210 g/mol. The van der Waals surface area contributed by atoms with Crippen LogP contribution in [0.15, 0.2) is 24.3 Å². The summed E-state index contributed by atoms with van der Waals surface area (Å²) in [5, 5.41) is 0. The maximum atomic E-state index is 11.3. The highest BCUT2D eigenvalue weighted by Gasteiger charge is 2.15. The first kappa shape index (κ1) is 13.6. The van der Waals surface area contributed by atoms with Gasteiger partial charge < -0.3 is 9.53 Å². The van der Waals surface area contributed by atoms with Gasteiger partial charge in [0, 0.05) is 11.0 Å². The van der Waals surface area contributed by atoms with E-state index in [0.717, 1.165) is 6.29 Å². The van der Waals surface area contributed by atoms with Gasteiger partial charge in [0.2, 0.25) is 0 Å². The third-order valence-corrected chi connectivity index (χ3v) is 1.91. The summed E-state index contributed by atoms with van der Waals surface area (Å²) in [4.78, 5) is 21.9. The van der Waals surface area contributed by atoms with Crippen LogP contribution in [0.5, 0.6) is 0 Å². The van der Waals surface area contributed by atoms with Crippen LogP contribution in [0.2, 0.25) is 0 Å². The molecule has 3 nitrogen and oxygen atoms in total. The van der Waals surface area contributed by atoms with E-state index in [0.29, 0.717) is 12.0 Å². The lowest BCUT2D eigenvalue weighted by atomic mass is 9.90. The van der Waals surface area contributed by atoms with E-state index in [1.165, 1.54) is 6.08 Å². The van der Waals surface area contributed by atoms with Crippen LogP contribution < -0.4 is 0 Å². The van der Waals surface area contributed by atoms with Gasteiger partial charge in [-0.05, 0) is 13.3 Å². The smallest absolute Gasteiger partial charge is 0.333 e. The van der Waals surface area contributed by atoms with Gasteiger partial charge in [0.25, 0.3) is 0 Å². The van der Waals surface area contributed by atoms with Crippen LogP contribution in [0.4, 0.5) is 0 Å². The van der Waals surface area contributed by atoms with Gasteiger partial charge in [0.05, 0.1) is 0 Å². The van der Waals surface area contributed by atoms with Crippen LogP contribution in [0, 0.1) is 5.41 Å². The van der Waals surface area contributed by atoms with E-state index in [9.17, 15) is 9.59 Å². The fraction of sp³-hybridized carbons (Fsp3) is 0.500. The molecule has 0 saturated carbocycles. The molecule has 0 aliphatic heterocycles. The Balaban J connectivity index is 4.25. The number of hydrogen-bond donors (Lipinski definition) is 0. The molecule has 0 fully saturated rings. The molecule has 15 heavy (non-hydrogen) atoms. The molecule has 84 valence electrons. The van der Waals surface area contributed by atoms with Crippen LogP contribution in [0.1, 0.15) is 27.2 Å². The highest BCUT2D eigenvalue weighted by Crippen LogP contribution is 2.18. The lowest BCUT2D eigenvalue weighted by Crippen LogP contribution is -2.12. The van der Waals surface area contributed by atoms with Gasteiger partial charge in [0.1, 0.15) is 12.9 Å². The Morgan fingerprint density at radius 3 is 2.53 bits per heavy atom. The zero-order chi connectivity index (χ0) is 11.9. The Morgan fingerprint density at radius 2 is 2.07 bits per heavy atom. The first-order chi connectivity index (χ1) is 6.93. The summed E-state index contributed by atoms with van der Waals surface area (Å²) in [5.74, 6) is -0.364. The number of carbonyl (C=O) groups excluding carboxylic acids is 2. The molecular weight excluding hydrogens is 192 g/mol. The summed E-state index contributed by atoms with van der Waals surface area (Å²) in [6, 6.07) is 0. The van der Waals surface area contributed by atoms with Gasteiger partial charge in [-0.3, -0.25) is 0 Å². The van der Waals surface area contributed by atoms with Gasteiger partial charge in [-0.25, -0.2) is 4.79 Å². The van der Waals surface area contributed by atoms with E-state index in [-0.39, 0.29) is 12.6 Å². The van der Waals surface area contributed by atoms with E-state index in [1.54, 1.807) is 13.0 Å². The van der Waals surface area contributed by atoms with E-state index in [2.05, 4.69) is 6.58 Å². The molecule has 0 radical (unpaired) electrons. The number of esters is 1. The largest absolute Gasteiger partial charge is 0.458 e. The van der Waals surface area contributed by atoms with Crippen LogP contribution in [-0.2, 0) is 14.3 Å². The summed E-state index contributed by atoms with van der Waals surface area (Å²) in [7, 11) is 0. The lowest BCUT2D eigenvalue weighted by Gasteiger charge is -2.13. The van der Waals surface area contributed by atoms with E-state index < -0.39 is 5.41 Å².